The van der Waals surface area contributed by atoms with Gasteiger partial charge in [-0.25, -0.2) is 9.97 Å². The van der Waals surface area contributed by atoms with Crippen LogP contribution in [0.5, 0.6) is 23.1 Å². The van der Waals surface area contributed by atoms with Crippen LogP contribution in [0.4, 0.5) is 11.5 Å². The number of carbonyl (C=O) groups is 1. The maximum Gasteiger partial charge on any atom is 0.255 e. The van der Waals surface area contributed by atoms with E-state index in [1.165, 1.54) is 6.33 Å². The number of ether oxygens (including phenoxy) is 3. The highest BCUT2D eigenvalue weighted by Crippen LogP contribution is 2.33. The molecule has 2 aromatic heterocycles. The van der Waals surface area contributed by atoms with E-state index in [-0.39, 0.29) is 5.91 Å². The summed E-state index contributed by atoms with van der Waals surface area (Å²) in [6.07, 6.45) is 1.40. The molecule has 2 aromatic carbocycles. The molecule has 164 valence electrons. The zero-order valence-corrected chi connectivity index (χ0v) is 18.1. The van der Waals surface area contributed by atoms with Crippen LogP contribution < -0.4 is 24.8 Å². The molecule has 0 aliphatic carbocycles. The highest BCUT2D eigenvalue weighted by atomic mass is 16.5. The van der Waals surface area contributed by atoms with Crippen molar-refractivity contribution in [3.05, 3.63) is 60.1 Å². The van der Waals surface area contributed by atoms with Crippen molar-refractivity contribution in [3.63, 3.8) is 0 Å². The van der Waals surface area contributed by atoms with Gasteiger partial charge in [-0.05, 0) is 31.2 Å². The van der Waals surface area contributed by atoms with Crippen molar-refractivity contribution in [2.75, 3.05) is 26.6 Å². The van der Waals surface area contributed by atoms with E-state index in [0.29, 0.717) is 51.2 Å². The molecule has 0 fully saturated rings. The highest BCUT2D eigenvalue weighted by Gasteiger charge is 2.17. The summed E-state index contributed by atoms with van der Waals surface area (Å²) in [4.78, 5) is 20.5. The molecule has 0 atom stereocenters. The van der Waals surface area contributed by atoms with E-state index in [1.54, 1.807) is 64.6 Å². The average Bonchev–Trinajstić information content (AvgIpc) is 3.13. The van der Waals surface area contributed by atoms with E-state index in [9.17, 15) is 4.79 Å². The first-order chi connectivity index (χ1) is 15.5. The number of rotatable bonds is 7. The van der Waals surface area contributed by atoms with Crippen LogP contribution in [-0.4, -0.2) is 37.1 Å². The number of carbonyl (C=O) groups excluding carboxylic acids is 1. The monoisotopic (exact) mass is 434 g/mol. The van der Waals surface area contributed by atoms with E-state index in [2.05, 4.69) is 20.6 Å². The fraction of sp³-hybridized carbons (Fsp3) is 0.174. The average molecular weight is 434 g/mol. The second kappa shape index (κ2) is 8.84. The quantitative estimate of drug-likeness (QED) is 0.439. The third kappa shape index (κ3) is 4.13. The first kappa shape index (κ1) is 21.0. The van der Waals surface area contributed by atoms with Gasteiger partial charge < -0.3 is 29.3 Å². The van der Waals surface area contributed by atoms with Crippen molar-refractivity contribution >= 4 is 28.4 Å². The van der Waals surface area contributed by atoms with Crippen LogP contribution in [0.3, 0.4) is 0 Å². The Balaban J connectivity index is 1.55. The second-order valence-electron chi connectivity index (χ2n) is 6.81. The Kier molecular flexibility index (Phi) is 5.80. The van der Waals surface area contributed by atoms with Crippen molar-refractivity contribution in [2.24, 2.45) is 0 Å². The minimum atomic E-state index is -0.198. The SMILES string of the molecule is CNC(=O)c1c(C)oc2cc(Oc3cc(Nc4ccc(OC)c(OC)c4)ncn3)ccc12. The Morgan fingerprint density at radius 3 is 2.56 bits per heavy atom. The van der Waals surface area contributed by atoms with Crippen molar-refractivity contribution in [2.45, 2.75) is 6.92 Å². The molecule has 0 aliphatic heterocycles. The first-order valence-corrected chi connectivity index (χ1v) is 9.76. The number of aromatic nitrogens is 2. The molecule has 0 spiro atoms. The molecule has 0 radical (unpaired) electrons. The van der Waals surface area contributed by atoms with Gasteiger partial charge in [-0.2, -0.15) is 0 Å². The van der Waals surface area contributed by atoms with E-state index in [1.807, 2.05) is 6.07 Å². The van der Waals surface area contributed by atoms with E-state index < -0.39 is 0 Å². The fourth-order valence-corrected chi connectivity index (χ4v) is 3.32. The lowest BCUT2D eigenvalue weighted by Crippen LogP contribution is -2.18. The zero-order valence-electron chi connectivity index (χ0n) is 18.1. The van der Waals surface area contributed by atoms with Gasteiger partial charge in [-0.15, -0.1) is 0 Å². The molecule has 9 heteroatoms. The van der Waals surface area contributed by atoms with Crippen molar-refractivity contribution in [1.82, 2.24) is 15.3 Å². The normalized spacial score (nSPS) is 10.6. The molecule has 0 bridgehead atoms. The van der Waals surface area contributed by atoms with Crippen LogP contribution in [0.25, 0.3) is 11.0 Å². The Morgan fingerprint density at radius 2 is 1.81 bits per heavy atom. The predicted molar refractivity (Wildman–Crippen MR) is 119 cm³/mol. The molecule has 2 N–H and O–H groups in total. The minimum absolute atomic E-state index is 0.198. The minimum Gasteiger partial charge on any atom is -0.493 e. The predicted octanol–water partition coefficient (Wildman–Crippen LogP) is 4.44. The lowest BCUT2D eigenvalue weighted by molar-refractivity contribution is 0.0963. The summed E-state index contributed by atoms with van der Waals surface area (Å²) in [6, 6.07) is 12.4. The summed E-state index contributed by atoms with van der Waals surface area (Å²) in [5, 5.41) is 6.53. The van der Waals surface area contributed by atoms with Crippen LogP contribution in [0, 0.1) is 6.92 Å². The van der Waals surface area contributed by atoms with Gasteiger partial charge in [0.25, 0.3) is 5.91 Å². The number of nitrogens with zero attached hydrogens (tertiary/aromatic N) is 2. The Hall–Kier alpha value is -4.27. The van der Waals surface area contributed by atoms with Crippen molar-refractivity contribution in [3.8, 4) is 23.1 Å². The molecule has 0 saturated heterocycles. The van der Waals surface area contributed by atoms with Crippen molar-refractivity contribution < 1.29 is 23.4 Å². The molecule has 0 unspecified atom stereocenters. The van der Waals surface area contributed by atoms with E-state index in [0.717, 1.165) is 5.69 Å². The molecule has 0 aliphatic rings. The summed E-state index contributed by atoms with van der Waals surface area (Å²) in [5.74, 6) is 2.98. The van der Waals surface area contributed by atoms with Gasteiger partial charge in [-0.3, -0.25) is 4.79 Å². The van der Waals surface area contributed by atoms with Gasteiger partial charge in [0.2, 0.25) is 5.88 Å². The van der Waals surface area contributed by atoms with E-state index in [4.69, 9.17) is 18.6 Å². The lowest BCUT2D eigenvalue weighted by Gasteiger charge is -2.11. The summed E-state index contributed by atoms with van der Waals surface area (Å²) in [6.45, 7) is 1.75. The summed E-state index contributed by atoms with van der Waals surface area (Å²) in [7, 11) is 4.74. The maximum atomic E-state index is 12.1. The number of hydrogen-bond donors (Lipinski definition) is 2. The summed E-state index contributed by atoms with van der Waals surface area (Å²) >= 11 is 0. The summed E-state index contributed by atoms with van der Waals surface area (Å²) < 4.78 is 22.2. The number of methoxy groups -OCH3 is 2. The van der Waals surface area contributed by atoms with Gasteiger partial charge in [0, 0.05) is 36.3 Å². The van der Waals surface area contributed by atoms with Gasteiger partial charge in [0.15, 0.2) is 11.5 Å². The fourth-order valence-electron chi connectivity index (χ4n) is 3.32. The molecule has 4 aromatic rings. The highest BCUT2D eigenvalue weighted by molar-refractivity contribution is 6.07. The third-order valence-corrected chi connectivity index (χ3v) is 4.81. The number of benzene rings is 2. The molecule has 0 saturated carbocycles. The molecule has 9 nitrogen and oxygen atoms in total. The van der Waals surface area contributed by atoms with Crippen LogP contribution in [0.2, 0.25) is 0 Å². The zero-order chi connectivity index (χ0) is 22.7. The number of furan rings is 1. The number of anilines is 2. The number of aryl methyl sites for hydroxylation is 1. The smallest absolute Gasteiger partial charge is 0.255 e. The maximum absolute atomic E-state index is 12.1. The van der Waals surface area contributed by atoms with Crippen LogP contribution in [0.15, 0.2) is 53.2 Å². The molecule has 2 heterocycles. The lowest BCUT2D eigenvalue weighted by atomic mass is 10.1. The molecular formula is C23H22N4O5. The third-order valence-electron chi connectivity index (χ3n) is 4.81. The van der Waals surface area contributed by atoms with Gasteiger partial charge in [-0.1, -0.05) is 0 Å². The molecule has 4 rings (SSSR count). The topological polar surface area (TPSA) is 108 Å². The van der Waals surface area contributed by atoms with E-state index >= 15 is 0 Å². The van der Waals surface area contributed by atoms with Crippen molar-refractivity contribution in [1.29, 1.82) is 0 Å². The standard InChI is InChI=1S/C23H22N4O5/c1-13-22(23(28)24-2)16-7-6-15(10-18(16)31-13)32-21-11-20(25-12-26-21)27-14-5-8-17(29-3)19(9-14)30-4/h5-12H,1-4H3,(H,24,28)(H,25,26,27). The number of hydrogen-bond acceptors (Lipinski definition) is 8. The van der Waals surface area contributed by atoms with Crippen LogP contribution in [0.1, 0.15) is 16.1 Å². The number of amides is 1. The molecular weight excluding hydrogens is 412 g/mol. The Bertz CT molecular complexity index is 1280. The largest absolute Gasteiger partial charge is 0.493 e. The van der Waals surface area contributed by atoms with Crippen LogP contribution in [-0.2, 0) is 0 Å². The van der Waals surface area contributed by atoms with Gasteiger partial charge >= 0.3 is 0 Å². The number of nitrogens with one attached hydrogen (secondary N) is 2. The summed E-state index contributed by atoms with van der Waals surface area (Å²) in [5.41, 5.74) is 1.83. The first-order valence-electron chi connectivity index (χ1n) is 9.76. The van der Waals surface area contributed by atoms with Crippen LogP contribution >= 0.6 is 0 Å². The molecule has 32 heavy (non-hydrogen) atoms. The Labute approximate surface area is 184 Å². The number of fused-ring (bicyclic) bond motifs is 1. The second-order valence-corrected chi connectivity index (χ2v) is 6.81. The molecule has 1 amide bonds. The Morgan fingerprint density at radius 1 is 1.00 bits per heavy atom. The van der Waals surface area contributed by atoms with Gasteiger partial charge in [0.1, 0.15) is 29.2 Å². The van der Waals surface area contributed by atoms with Gasteiger partial charge in [0.05, 0.1) is 19.8 Å².